The third kappa shape index (κ3) is 7.83. The van der Waals surface area contributed by atoms with Crippen LogP contribution in [0.4, 0.5) is 19.3 Å². The normalized spacial score (nSPS) is 25.2. The van der Waals surface area contributed by atoms with Crippen molar-refractivity contribution in [3.63, 3.8) is 0 Å². The Labute approximate surface area is 276 Å². The van der Waals surface area contributed by atoms with Crippen LogP contribution in [0.25, 0.3) is 0 Å². The van der Waals surface area contributed by atoms with Gasteiger partial charge in [-0.2, -0.15) is 3.21 Å². The fraction of sp³-hybridized carbons (Fsp3) is 0.467. The number of fused-ring (bicyclic) bond motifs is 1. The molecule has 0 bridgehead atoms. The third-order valence-electron chi connectivity index (χ3n) is 7.32. The number of alkyl halides is 1. The van der Waals surface area contributed by atoms with Crippen molar-refractivity contribution in [1.29, 1.82) is 0 Å². The number of ether oxygens (including phenoxy) is 2. The fourth-order valence-corrected chi connectivity index (χ4v) is 9.28. The van der Waals surface area contributed by atoms with Gasteiger partial charge in [-0.3, -0.25) is 4.79 Å². The van der Waals surface area contributed by atoms with E-state index in [0.29, 0.717) is 20.8 Å². The average molecular weight is 779 g/mol. The number of anilines is 1. The summed E-state index contributed by atoms with van der Waals surface area (Å²) in [4.78, 5) is 29.3. The Morgan fingerprint density at radius 3 is 2.60 bits per heavy atom. The molecule has 1 fully saturated rings. The van der Waals surface area contributed by atoms with E-state index in [1.807, 2.05) is 11.9 Å². The van der Waals surface area contributed by atoms with Crippen LogP contribution in [0.5, 0.6) is 0 Å². The Bertz CT molecular complexity index is 1690. The maximum Gasteiger partial charge on any atom is 0.408 e. The molecule has 2 unspecified atom stereocenters. The number of likely N-dealkylation sites (tertiary alicyclic amines) is 1. The smallest absolute Gasteiger partial charge is 0.408 e. The van der Waals surface area contributed by atoms with Crippen molar-refractivity contribution < 1.29 is 36.3 Å². The van der Waals surface area contributed by atoms with E-state index in [1.54, 1.807) is 45.0 Å². The number of hydrogen-bond acceptors (Lipinski definition) is 8. The van der Waals surface area contributed by atoms with E-state index < -0.39 is 76.6 Å². The van der Waals surface area contributed by atoms with Gasteiger partial charge in [0, 0.05) is 24.0 Å². The van der Waals surface area contributed by atoms with Crippen LogP contribution >= 0.6 is 32.6 Å². The lowest BCUT2D eigenvalue weighted by atomic mass is 9.89. The van der Waals surface area contributed by atoms with Crippen LogP contribution in [0.15, 0.2) is 44.5 Å². The first-order valence-electron chi connectivity index (χ1n) is 14.2. The van der Waals surface area contributed by atoms with Crippen molar-refractivity contribution in [2.75, 3.05) is 30.8 Å². The van der Waals surface area contributed by atoms with Crippen LogP contribution in [-0.4, -0.2) is 78.1 Å². The summed E-state index contributed by atoms with van der Waals surface area (Å²) in [6.07, 6.45) is -0.728. The van der Waals surface area contributed by atoms with E-state index in [-0.39, 0.29) is 42.6 Å². The summed E-state index contributed by atoms with van der Waals surface area (Å²) in [5.41, 5.74) is -1.94. The molecule has 0 aliphatic carbocycles. The Kier molecular flexibility index (Phi) is 9.34. The molecule has 3 aliphatic rings. The van der Waals surface area contributed by atoms with Gasteiger partial charge in [-0.15, -0.1) is 0 Å². The van der Waals surface area contributed by atoms with Gasteiger partial charge >= 0.3 is 6.09 Å². The van der Waals surface area contributed by atoms with Crippen LogP contribution in [0, 0.1) is 11.7 Å². The minimum atomic E-state index is -4.31. The molecule has 10 nitrogen and oxygen atoms in total. The predicted octanol–water partition coefficient (Wildman–Crippen LogP) is 5.17. The van der Waals surface area contributed by atoms with Gasteiger partial charge in [0.1, 0.15) is 23.1 Å². The minimum absolute atomic E-state index is 0.0455. The zero-order valence-corrected chi connectivity index (χ0v) is 29.1. The Hall–Kier alpha value is -2.69. The second kappa shape index (κ2) is 12.5. The second-order valence-electron chi connectivity index (χ2n) is 12.7. The molecular formula is C30H34ClF2IN4O6S. The van der Waals surface area contributed by atoms with Crippen LogP contribution in [0.1, 0.15) is 45.2 Å². The maximum atomic E-state index is 15.8. The number of piperidine rings is 1. The topological polar surface area (TPSA) is 118 Å². The first kappa shape index (κ1) is 33.7. The van der Waals surface area contributed by atoms with Gasteiger partial charge in [0.05, 0.1) is 49.4 Å². The number of hydrogen-bond donors (Lipinski definition) is 1. The fourth-order valence-electron chi connectivity index (χ4n) is 5.60. The Morgan fingerprint density at radius 1 is 1.27 bits per heavy atom. The maximum absolute atomic E-state index is 15.8. The molecule has 2 amide bonds. The number of carbonyl (C=O) groups is 2. The number of nitrogens with zero attached hydrogens (tertiary/aromatic N) is 3. The highest BCUT2D eigenvalue weighted by Crippen LogP contribution is 2.38. The van der Waals surface area contributed by atoms with Gasteiger partial charge in [-0.1, -0.05) is 23.7 Å². The molecule has 3 atom stereocenters. The van der Waals surface area contributed by atoms with Gasteiger partial charge < -0.3 is 24.6 Å². The van der Waals surface area contributed by atoms with Crippen molar-refractivity contribution in [3.8, 4) is 0 Å². The van der Waals surface area contributed by atoms with Gasteiger partial charge in [-0.05, 0) is 71.0 Å². The van der Waals surface area contributed by atoms with Crippen LogP contribution < -0.4 is 10.2 Å². The zero-order valence-electron chi connectivity index (χ0n) is 25.4. The Morgan fingerprint density at radius 2 is 1.96 bits per heavy atom. The number of nitrogens with one attached hydrogen (secondary N) is 1. The number of rotatable bonds is 5. The van der Waals surface area contributed by atoms with Crippen LogP contribution in [-0.2, 0) is 30.7 Å². The Balaban J connectivity index is 1.52. The van der Waals surface area contributed by atoms with E-state index in [0.717, 1.165) is 6.07 Å². The molecule has 3 aliphatic heterocycles. The molecule has 5 rings (SSSR count). The summed E-state index contributed by atoms with van der Waals surface area (Å²) in [7, 11) is -2.49. The standard InChI is InChI=1S/C30H34ClF2IN4O6S/c1-29(2,3)44-28(40)35-22-15-45(41,42)24-11-21(32)20(10-23(24)38(27(22)39)13-17-6-8-19(31)9-7-17)26-36-34-25(43-26)18-12-30(4,33)16-37(5)14-18/h6-11,18,22H,12-16H2,1-5H3,(H,35,40)/t18?,22-,30?/m0/s1. The van der Waals surface area contributed by atoms with Crippen LogP contribution in [0.3, 0.4) is 0 Å². The number of alkyl carbamates (subject to hydrolysis) is 1. The second-order valence-corrected chi connectivity index (χ2v) is 17.2. The quantitative estimate of drug-likeness (QED) is 0.417. The van der Waals surface area contributed by atoms with Crippen molar-refractivity contribution in [2.24, 2.45) is 9.12 Å². The predicted molar refractivity (Wildman–Crippen MR) is 176 cm³/mol. The lowest BCUT2D eigenvalue weighted by molar-refractivity contribution is -0.120. The summed E-state index contributed by atoms with van der Waals surface area (Å²) < 4.78 is 74.4. The van der Waals surface area contributed by atoms with Crippen molar-refractivity contribution in [1.82, 2.24) is 10.2 Å². The molecule has 45 heavy (non-hydrogen) atoms. The molecule has 0 saturated carbocycles. The number of carbonyl (C=O) groups excluding carboxylic acids is 2. The molecule has 2 aromatic carbocycles. The minimum Gasteiger partial charge on any atom is -0.444 e. The van der Waals surface area contributed by atoms with E-state index in [9.17, 15) is 22.4 Å². The highest BCUT2D eigenvalue weighted by Gasteiger charge is 2.42. The molecule has 1 saturated heterocycles. The number of benzene rings is 2. The van der Waals surface area contributed by atoms with E-state index in [4.69, 9.17) is 21.1 Å². The molecule has 2 aromatic rings. The largest absolute Gasteiger partial charge is 0.444 e. The van der Waals surface area contributed by atoms with Crippen molar-refractivity contribution in [2.45, 2.75) is 62.9 Å². The summed E-state index contributed by atoms with van der Waals surface area (Å²) in [6.45, 7) is 7.18. The molecule has 0 aromatic heterocycles. The molecule has 15 heteroatoms. The summed E-state index contributed by atoms with van der Waals surface area (Å²) in [5, 5.41) is 2.85. The molecule has 3 heterocycles. The van der Waals surface area contributed by atoms with Gasteiger partial charge in [0.2, 0.25) is 5.90 Å². The highest BCUT2D eigenvalue weighted by atomic mass is 127. The lowest BCUT2D eigenvalue weighted by Gasteiger charge is -2.37. The number of sulfone groups is 1. The first-order valence-corrected chi connectivity index (χ1v) is 18.2. The lowest BCUT2D eigenvalue weighted by Crippen LogP contribution is -2.51. The summed E-state index contributed by atoms with van der Waals surface area (Å²) in [5.74, 6) is -2.74. The molecular weight excluding hydrogens is 745 g/mol. The van der Waals surface area contributed by atoms with Gasteiger partial charge in [0.25, 0.3) is 5.91 Å². The highest BCUT2D eigenvalue weighted by molar-refractivity contribution is 14.2. The van der Waals surface area contributed by atoms with Crippen molar-refractivity contribution in [3.05, 3.63) is 58.4 Å². The molecule has 0 radical (unpaired) electrons. The van der Waals surface area contributed by atoms with Gasteiger partial charge in [0.15, 0.2) is 13.5 Å². The summed E-state index contributed by atoms with van der Waals surface area (Å²) in [6, 6.07) is 7.15. The number of amides is 2. The van der Waals surface area contributed by atoms with Crippen LogP contribution in [0.2, 0.25) is 5.02 Å². The SMILES string of the molecule is CN1CC(C2=IN=C(c3cc4c(cc3F)S(=O)(=O)C[C@H](NC(=O)OC(C)(C)C)C(=O)N4Cc3ccc(Cl)cc3)O2)CC(C)(F)C1. The monoisotopic (exact) mass is 778 g/mol. The number of halogens is 4. The molecule has 1 N–H and O–H groups in total. The van der Waals surface area contributed by atoms with E-state index in [1.165, 1.54) is 17.9 Å². The van der Waals surface area contributed by atoms with E-state index >= 15 is 4.39 Å². The zero-order chi connectivity index (χ0) is 32.9. The first-order chi connectivity index (χ1) is 20.9. The van der Waals surface area contributed by atoms with Gasteiger partial charge in [-0.25, -0.2) is 22.0 Å². The van der Waals surface area contributed by atoms with E-state index in [2.05, 4.69) is 8.52 Å². The molecule has 0 spiro atoms. The van der Waals surface area contributed by atoms with Crippen molar-refractivity contribution >= 4 is 69.7 Å². The molecule has 244 valence electrons. The summed E-state index contributed by atoms with van der Waals surface area (Å²) >= 11 is 4.98. The third-order valence-corrected chi connectivity index (χ3v) is 11.6. The average Bonchev–Trinajstić information content (AvgIpc) is 3.38.